The van der Waals surface area contributed by atoms with Crippen LogP contribution in [0.4, 0.5) is 0 Å². The van der Waals surface area contributed by atoms with Crippen LogP contribution in [0.1, 0.15) is 44.8 Å². The summed E-state index contributed by atoms with van der Waals surface area (Å²) < 4.78 is 11.1. The first-order chi connectivity index (χ1) is 8.65. The van der Waals surface area contributed by atoms with E-state index in [1.807, 2.05) is 38.1 Å². The molecule has 1 heterocycles. The summed E-state index contributed by atoms with van der Waals surface area (Å²) >= 11 is 0. The fourth-order valence-corrected chi connectivity index (χ4v) is 2.26. The van der Waals surface area contributed by atoms with Gasteiger partial charge in [-0.15, -0.1) is 0 Å². The zero-order chi connectivity index (χ0) is 13.0. The number of aliphatic hydroxyl groups excluding tert-OH is 1. The minimum Gasteiger partial charge on any atom is -0.491 e. The first-order valence-corrected chi connectivity index (χ1v) is 6.71. The van der Waals surface area contributed by atoms with Crippen LogP contribution in [0.5, 0.6) is 5.75 Å². The highest BCUT2D eigenvalue weighted by Crippen LogP contribution is 2.26. The van der Waals surface area contributed by atoms with Crippen molar-refractivity contribution in [1.29, 1.82) is 0 Å². The third-order valence-corrected chi connectivity index (χ3v) is 3.15. The monoisotopic (exact) mass is 250 g/mol. The Morgan fingerprint density at radius 1 is 1.33 bits per heavy atom. The molecule has 1 aromatic rings. The van der Waals surface area contributed by atoms with Gasteiger partial charge in [-0.05, 0) is 44.4 Å². The Hall–Kier alpha value is -1.06. The van der Waals surface area contributed by atoms with Gasteiger partial charge in [0.1, 0.15) is 5.75 Å². The molecule has 0 aromatic heterocycles. The summed E-state index contributed by atoms with van der Waals surface area (Å²) in [6, 6.07) is 7.68. The first kappa shape index (κ1) is 13.4. The van der Waals surface area contributed by atoms with Gasteiger partial charge in [0.2, 0.25) is 0 Å². The molecule has 3 heteroatoms. The molecule has 1 aliphatic heterocycles. The molecule has 0 bridgehead atoms. The smallest absolute Gasteiger partial charge is 0.119 e. The maximum Gasteiger partial charge on any atom is 0.119 e. The highest BCUT2D eigenvalue weighted by atomic mass is 16.5. The Balaban J connectivity index is 1.91. The number of ether oxygens (including phenoxy) is 2. The van der Waals surface area contributed by atoms with Crippen molar-refractivity contribution in [2.24, 2.45) is 0 Å². The van der Waals surface area contributed by atoms with Gasteiger partial charge in [0.15, 0.2) is 0 Å². The second kappa shape index (κ2) is 6.21. The lowest BCUT2D eigenvalue weighted by Crippen LogP contribution is -2.11. The van der Waals surface area contributed by atoms with Gasteiger partial charge in [0, 0.05) is 13.0 Å². The van der Waals surface area contributed by atoms with Crippen LogP contribution in [0.25, 0.3) is 0 Å². The van der Waals surface area contributed by atoms with E-state index in [0.29, 0.717) is 6.42 Å². The summed E-state index contributed by atoms with van der Waals surface area (Å²) in [7, 11) is 0. The molecule has 0 saturated carbocycles. The molecule has 1 aliphatic rings. The van der Waals surface area contributed by atoms with E-state index in [0.717, 1.165) is 30.8 Å². The van der Waals surface area contributed by atoms with Crippen molar-refractivity contribution in [2.45, 2.75) is 51.4 Å². The van der Waals surface area contributed by atoms with E-state index in [9.17, 15) is 5.11 Å². The summed E-state index contributed by atoms with van der Waals surface area (Å²) in [6.07, 6.45) is 2.80. The fourth-order valence-electron chi connectivity index (χ4n) is 2.26. The average Bonchev–Trinajstić information content (AvgIpc) is 2.82. The molecule has 2 atom stereocenters. The first-order valence-electron chi connectivity index (χ1n) is 6.71. The van der Waals surface area contributed by atoms with Gasteiger partial charge in [-0.2, -0.15) is 0 Å². The number of rotatable bonds is 5. The minimum absolute atomic E-state index is 0.174. The van der Waals surface area contributed by atoms with Gasteiger partial charge >= 0.3 is 0 Å². The number of benzene rings is 1. The SMILES string of the molecule is CC(C)Oc1ccc(C(O)CC2CCCO2)cc1. The van der Waals surface area contributed by atoms with Crippen LogP contribution in [0.15, 0.2) is 24.3 Å². The van der Waals surface area contributed by atoms with Gasteiger partial charge in [0.05, 0.1) is 18.3 Å². The summed E-state index contributed by atoms with van der Waals surface area (Å²) in [5.74, 6) is 0.845. The van der Waals surface area contributed by atoms with E-state index in [1.165, 1.54) is 0 Å². The molecule has 0 radical (unpaired) electrons. The van der Waals surface area contributed by atoms with Gasteiger partial charge in [-0.3, -0.25) is 0 Å². The van der Waals surface area contributed by atoms with Crippen LogP contribution in [0.3, 0.4) is 0 Å². The van der Waals surface area contributed by atoms with Crippen LogP contribution in [0.2, 0.25) is 0 Å². The molecule has 2 unspecified atom stereocenters. The van der Waals surface area contributed by atoms with Crippen LogP contribution in [-0.2, 0) is 4.74 Å². The standard InChI is InChI=1S/C15H22O3/c1-11(2)18-13-7-5-12(6-8-13)15(16)10-14-4-3-9-17-14/h5-8,11,14-16H,3-4,9-10H2,1-2H3. The summed E-state index contributed by atoms with van der Waals surface area (Å²) in [4.78, 5) is 0. The van der Waals surface area contributed by atoms with E-state index < -0.39 is 6.10 Å². The van der Waals surface area contributed by atoms with Crippen molar-refractivity contribution in [2.75, 3.05) is 6.61 Å². The maximum atomic E-state index is 10.1. The second-order valence-electron chi connectivity index (χ2n) is 5.12. The Bertz CT molecular complexity index is 353. The molecule has 3 nitrogen and oxygen atoms in total. The number of hydrogen-bond donors (Lipinski definition) is 1. The lowest BCUT2D eigenvalue weighted by atomic mass is 10.0. The number of hydrogen-bond acceptors (Lipinski definition) is 3. The highest BCUT2D eigenvalue weighted by Gasteiger charge is 2.20. The van der Waals surface area contributed by atoms with Crippen LogP contribution >= 0.6 is 0 Å². The van der Waals surface area contributed by atoms with Crippen LogP contribution < -0.4 is 4.74 Å². The molecule has 1 saturated heterocycles. The van der Waals surface area contributed by atoms with E-state index >= 15 is 0 Å². The van der Waals surface area contributed by atoms with Crippen molar-refractivity contribution in [1.82, 2.24) is 0 Å². The molecule has 1 aromatic carbocycles. The molecule has 1 N–H and O–H groups in total. The third kappa shape index (κ3) is 3.72. The van der Waals surface area contributed by atoms with Crippen LogP contribution in [0, 0.1) is 0 Å². The predicted octanol–water partition coefficient (Wildman–Crippen LogP) is 3.08. The summed E-state index contributed by atoms with van der Waals surface area (Å²) in [5, 5.41) is 10.1. The van der Waals surface area contributed by atoms with E-state index in [-0.39, 0.29) is 12.2 Å². The highest BCUT2D eigenvalue weighted by molar-refractivity contribution is 5.28. The fraction of sp³-hybridized carbons (Fsp3) is 0.600. The molecule has 18 heavy (non-hydrogen) atoms. The quantitative estimate of drug-likeness (QED) is 0.872. The lowest BCUT2D eigenvalue weighted by Gasteiger charge is -2.16. The van der Waals surface area contributed by atoms with Crippen molar-refractivity contribution in [3.8, 4) is 5.75 Å². The summed E-state index contributed by atoms with van der Waals surface area (Å²) in [6.45, 7) is 4.83. The van der Waals surface area contributed by atoms with Crippen molar-refractivity contribution in [3.05, 3.63) is 29.8 Å². The Labute approximate surface area is 109 Å². The topological polar surface area (TPSA) is 38.7 Å². The molecule has 0 amide bonds. The summed E-state index contributed by atoms with van der Waals surface area (Å²) in [5.41, 5.74) is 0.932. The second-order valence-corrected chi connectivity index (χ2v) is 5.12. The van der Waals surface area contributed by atoms with Gasteiger partial charge in [0.25, 0.3) is 0 Å². The normalized spacial score (nSPS) is 21.2. The molecule has 100 valence electrons. The molecule has 2 rings (SSSR count). The molecule has 0 aliphatic carbocycles. The zero-order valence-corrected chi connectivity index (χ0v) is 11.1. The molecule has 0 spiro atoms. The molecule has 1 fully saturated rings. The Kier molecular flexibility index (Phi) is 4.61. The Morgan fingerprint density at radius 2 is 2.06 bits per heavy atom. The molecular weight excluding hydrogens is 228 g/mol. The van der Waals surface area contributed by atoms with E-state index in [1.54, 1.807) is 0 Å². The van der Waals surface area contributed by atoms with E-state index in [2.05, 4.69) is 0 Å². The van der Waals surface area contributed by atoms with Crippen molar-refractivity contribution < 1.29 is 14.6 Å². The Morgan fingerprint density at radius 3 is 2.61 bits per heavy atom. The van der Waals surface area contributed by atoms with Crippen molar-refractivity contribution in [3.63, 3.8) is 0 Å². The maximum absolute atomic E-state index is 10.1. The minimum atomic E-state index is -0.443. The number of aliphatic hydroxyl groups is 1. The average molecular weight is 250 g/mol. The van der Waals surface area contributed by atoms with Crippen LogP contribution in [-0.4, -0.2) is 23.9 Å². The van der Waals surface area contributed by atoms with Gasteiger partial charge < -0.3 is 14.6 Å². The van der Waals surface area contributed by atoms with Gasteiger partial charge in [-0.1, -0.05) is 12.1 Å². The largest absolute Gasteiger partial charge is 0.491 e. The lowest BCUT2D eigenvalue weighted by molar-refractivity contribution is 0.0535. The zero-order valence-electron chi connectivity index (χ0n) is 11.1. The van der Waals surface area contributed by atoms with E-state index in [4.69, 9.17) is 9.47 Å². The third-order valence-electron chi connectivity index (χ3n) is 3.15. The predicted molar refractivity (Wildman–Crippen MR) is 70.8 cm³/mol. The van der Waals surface area contributed by atoms with Crippen molar-refractivity contribution >= 4 is 0 Å². The molecular formula is C15H22O3. The van der Waals surface area contributed by atoms with Gasteiger partial charge in [-0.25, -0.2) is 0 Å².